The molecule has 0 fully saturated rings. The summed E-state index contributed by atoms with van der Waals surface area (Å²) in [5.74, 6) is 0.628. The Kier molecular flexibility index (Phi) is 5.96. The Morgan fingerprint density at radius 3 is 2.71 bits per heavy atom. The Bertz CT molecular complexity index is 1040. The number of carbonyl (C=O) groups is 2. The minimum Gasteiger partial charge on any atom is -0.389 e. The van der Waals surface area contributed by atoms with Gasteiger partial charge in [-0.3, -0.25) is 10.1 Å². The van der Waals surface area contributed by atoms with Gasteiger partial charge >= 0.3 is 6.03 Å². The van der Waals surface area contributed by atoms with Crippen LogP contribution in [0.2, 0.25) is 0 Å². The second-order valence-corrected chi connectivity index (χ2v) is 6.86. The monoisotopic (exact) mass is 413 g/mol. The van der Waals surface area contributed by atoms with Gasteiger partial charge < -0.3 is 11.1 Å². The molecule has 0 saturated carbocycles. The Morgan fingerprint density at radius 2 is 2.07 bits per heavy atom. The highest BCUT2D eigenvalue weighted by molar-refractivity contribution is 7.80. The summed E-state index contributed by atoms with van der Waals surface area (Å²) in [4.78, 5) is 40.7. The van der Waals surface area contributed by atoms with Crippen molar-refractivity contribution in [2.75, 3.05) is 11.9 Å². The molecule has 11 heteroatoms. The molecule has 0 saturated heterocycles. The number of nitrogens with one attached hydrogen (secondary N) is 2. The van der Waals surface area contributed by atoms with E-state index in [1.165, 1.54) is 6.20 Å². The van der Waals surface area contributed by atoms with E-state index in [1.807, 2.05) is 0 Å². The van der Waals surface area contributed by atoms with Crippen molar-refractivity contribution in [1.82, 2.24) is 25.3 Å². The van der Waals surface area contributed by atoms with E-state index in [-0.39, 0.29) is 10.8 Å². The molecule has 0 aliphatic rings. The molecule has 2 amide bonds. The topological polar surface area (TPSA) is 136 Å². The molecule has 0 unspecified atom stereocenters. The average molecular weight is 413 g/mol. The van der Waals surface area contributed by atoms with Gasteiger partial charge in [-0.15, -0.1) is 11.3 Å². The molecule has 0 radical (unpaired) electrons. The number of hydrogen-bond acceptors (Lipinski definition) is 8. The number of nitrogens with zero attached hydrogens (tertiary/aromatic N) is 4. The summed E-state index contributed by atoms with van der Waals surface area (Å²) >= 11 is 6.29. The summed E-state index contributed by atoms with van der Waals surface area (Å²) < 4.78 is 0. The number of urea groups is 1. The van der Waals surface area contributed by atoms with Crippen LogP contribution in [0.1, 0.15) is 22.2 Å². The second-order valence-electron chi connectivity index (χ2n) is 5.39. The summed E-state index contributed by atoms with van der Waals surface area (Å²) in [6.07, 6.45) is 5.34. The number of rotatable bonds is 6. The number of amides is 2. The predicted molar refractivity (Wildman–Crippen MR) is 110 cm³/mol. The van der Waals surface area contributed by atoms with Crippen molar-refractivity contribution in [3.8, 4) is 22.1 Å². The van der Waals surface area contributed by atoms with Gasteiger partial charge in [-0.25, -0.2) is 24.7 Å². The van der Waals surface area contributed by atoms with E-state index in [9.17, 15) is 9.59 Å². The van der Waals surface area contributed by atoms with Crippen LogP contribution in [0.25, 0.3) is 22.1 Å². The lowest BCUT2D eigenvalue weighted by atomic mass is 10.1. The first-order chi connectivity index (χ1) is 13.5. The third-order valence-corrected chi connectivity index (χ3v) is 4.75. The minimum absolute atomic E-state index is 0.108. The van der Waals surface area contributed by atoms with E-state index in [4.69, 9.17) is 18.0 Å². The molecule has 0 atom stereocenters. The molecule has 3 rings (SSSR count). The molecule has 3 aromatic rings. The standard InChI is InChI=1S/C17H15N7O2S2/c1-2-19-17(26)23-12-6-9(14(18)27)10(7-22-12)16-24-13(11(8-25)28-16)15-20-4-3-5-21-15/h3-8H,2H2,1H3,(H2,18,27)(H2,19,22,23,26). The maximum Gasteiger partial charge on any atom is 0.320 e. The maximum absolute atomic E-state index is 11.7. The highest BCUT2D eigenvalue weighted by atomic mass is 32.1. The number of aromatic nitrogens is 4. The maximum atomic E-state index is 11.7. The van der Waals surface area contributed by atoms with E-state index in [2.05, 4.69) is 30.6 Å². The zero-order valence-electron chi connectivity index (χ0n) is 14.7. The van der Waals surface area contributed by atoms with Crippen molar-refractivity contribution in [3.05, 3.63) is 41.2 Å². The van der Waals surface area contributed by atoms with Crippen LogP contribution in [0.5, 0.6) is 0 Å². The largest absolute Gasteiger partial charge is 0.389 e. The van der Waals surface area contributed by atoms with E-state index in [0.29, 0.717) is 45.4 Å². The molecule has 3 aromatic heterocycles. The average Bonchev–Trinajstić information content (AvgIpc) is 3.13. The van der Waals surface area contributed by atoms with Crippen LogP contribution in [0.3, 0.4) is 0 Å². The molecule has 3 heterocycles. The fraction of sp³-hybridized carbons (Fsp3) is 0.118. The SMILES string of the molecule is CCNC(=O)Nc1cc(C(N)=S)c(-c2nc(-c3ncccn3)c(C=O)s2)cn1. The van der Waals surface area contributed by atoms with Gasteiger partial charge in [-0.1, -0.05) is 12.2 Å². The van der Waals surface area contributed by atoms with E-state index in [0.717, 1.165) is 11.3 Å². The van der Waals surface area contributed by atoms with Gasteiger partial charge in [-0.05, 0) is 19.1 Å². The molecular formula is C17H15N7O2S2. The van der Waals surface area contributed by atoms with Crippen LogP contribution in [0.15, 0.2) is 30.7 Å². The third kappa shape index (κ3) is 4.15. The Hall–Kier alpha value is -3.31. The van der Waals surface area contributed by atoms with Crippen molar-refractivity contribution in [3.63, 3.8) is 0 Å². The summed E-state index contributed by atoms with van der Waals surface area (Å²) in [5.41, 5.74) is 7.25. The third-order valence-electron chi connectivity index (χ3n) is 3.52. The lowest BCUT2D eigenvalue weighted by Gasteiger charge is -2.09. The fourth-order valence-electron chi connectivity index (χ4n) is 2.33. The van der Waals surface area contributed by atoms with Crippen LogP contribution in [-0.4, -0.2) is 43.8 Å². The smallest absolute Gasteiger partial charge is 0.320 e. The Morgan fingerprint density at radius 1 is 1.32 bits per heavy atom. The number of thiocarbonyl (C=S) groups is 1. The molecule has 0 bridgehead atoms. The second kappa shape index (κ2) is 8.59. The highest BCUT2D eigenvalue weighted by Gasteiger charge is 2.19. The number of thiazole rings is 1. The number of nitrogens with two attached hydrogens (primary N) is 1. The van der Waals surface area contributed by atoms with Crippen molar-refractivity contribution in [1.29, 1.82) is 0 Å². The van der Waals surface area contributed by atoms with E-state index < -0.39 is 6.03 Å². The van der Waals surface area contributed by atoms with Crippen molar-refractivity contribution in [2.45, 2.75) is 6.92 Å². The van der Waals surface area contributed by atoms with Gasteiger partial charge in [-0.2, -0.15) is 0 Å². The molecule has 9 nitrogen and oxygen atoms in total. The van der Waals surface area contributed by atoms with Gasteiger partial charge in [0.2, 0.25) is 0 Å². The lowest BCUT2D eigenvalue weighted by molar-refractivity contribution is 0.112. The van der Waals surface area contributed by atoms with Crippen LogP contribution < -0.4 is 16.4 Å². The Labute approximate surface area is 169 Å². The van der Waals surface area contributed by atoms with Crippen LogP contribution in [0.4, 0.5) is 10.6 Å². The molecule has 0 aliphatic heterocycles. The van der Waals surface area contributed by atoms with Gasteiger partial charge in [0.1, 0.15) is 21.5 Å². The number of aldehydes is 1. The van der Waals surface area contributed by atoms with Crippen molar-refractivity contribution in [2.24, 2.45) is 5.73 Å². The summed E-state index contributed by atoms with van der Waals surface area (Å²) in [6.45, 7) is 2.28. The highest BCUT2D eigenvalue weighted by Crippen LogP contribution is 2.33. The van der Waals surface area contributed by atoms with Gasteiger partial charge in [0.25, 0.3) is 0 Å². The molecule has 0 aliphatic carbocycles. The van der Waals surface area contributed by atoms with E-state index >= 15 is 0 Å². The first-order valence-corrected chi connectivity index (χ1v) is 9.34. The molecule has 142 valence electrons. The van der Waals surface area contributed by atoms with Gasteiger partial charge in [0, 0.05) is 36.3 Å². The predicted octanol–water partition coefficient (Wildman–Crippen LogP) is 2.25. The molecular weight excluding hydrogens is 398 g/mol. The van der Waals surface area contributed by atoms with Gasteiger partial charge in [0.15, 0.2) is 12.1 Å². The van der Waals surface area contributed by atoms with Crippen LogP contribution >= 0.6 is 23.6 Å². The van der Waals surface area contributed by atoms with Gasteiger partial charge in [0.05, 0.1) is 4.88 Å². The molecule has 0 spiro atoms. The quantitative estimate of drug-likeness (QED) is 0.413. The molecule has 4 N–H and O–H groups in total. The zero-order chi connectivity index (χ0) is 20.1. The first kappa shape index (κ1) is 19.5. The van der Waals surface area contributed by atoms with Crippen LogP contribution in [-0.2, 0) is 0 Å². The summed E-state index contributed by atoms with van der Waals surface area (Å²) in [5, 5.41) is 5.70. The lowest BCUT2D eigenvalue weighted by Crippen LogP contribution is -2.28. The van der Waals surface area contributed by atoms with Crippen LogP contribution in [0, 0.1) is 0 Å². The molecule has 0 aromatic carbocycles. The fourth-order valence-corrected chi connectivity index (χ4v) is 3.40. The first-order valence-electron chi connectivity index (χ1n) is 8.12. The number of carbonyl (C=O) groups excluding carboxylic acids is 2. The van der Waals surface area contributed by atoms with Crippen molar-refractivity contribution >= 4 is 46.7 Å². The Balaban J connectivity index is 2.03. The minimum atomic E-state index is -0.391. The van der Waals surface area contributed by atoms with Crippen molar-refractivity contribution < 1.29 is 9.59 Å². The summed E-state index contributed by atoms with van der Waals surface area (Å²) in [6, 6.07) is 2.85. The number of anilines is 1. The molecule has 28 heavy (non-hydrogen) atoms. The zero-order valence-corrected chi connectivity index (χ0v) is 16.3. The number of pyridine rings is 1. The summed E-state index contributed by atoms with van der Waals surface area (Å²) in [7, 11) is 0. The van der Waals surface area contributed by atoms with E-state index in [1.54, 1.807) is 31.5 Å². The normalized spacial score (nSPS) is 10.3. The number of hydrogen-bond donors (Lipinski definition) is 3.